The normalized spacial score (nSPS) is 23.8. The number of anilines is 1. The lowest BCUT2D eigenvalue weighted by Crippen LogP contribution is -2.49. The number of alkyl halides is 2. The quantitative estimate of drug-likeness (QED) is 0.437. The highest BCUT2D eigenvalue weighted by Crippen LogP contribution is 2.41. The van der Waals surface area contributed by atoms with E-state index in [0.717, 1.165) is 0 Å². The van der Waals surface area contributed by atoms with Crippen LogP contribution in [0.25, 0.3) is 33.3 Å². The van der Waals surface area contributed by atoms with Gasteiger partial charge in [0.05, 0.1) is 29.6 Å². The second kappa shape index (κ2) is 7.27. The molecular weight excluding hydrogens is 433 g/mol. The summed E-state index contributed by atoms with van der Waals surface area (Å²) in [6.07, 6.45) is 5.60. The predicted molar refractivity (Wildman–Crippen MR) is 116 cm³/mol. The van der Waals surface area contributed by atoms with E-state index in [1.54, 1.807) is 30.7 Å². The molecule has 2 fully saturated rings. The lowest BCUT2D eigenvalue weighted by molar-refractivity contribution is -0.0128. The van der Waals surface area contributed by atoms with Crippen molar-refractivity contribution in [3.63, 3.8) is 0 Å². The Morgan fingerprint density at radius 3 is 2.73 bits per heavy atom. The first-order valence-electron chi connectivity index (χ1n) is 10.8. The van der Waals surface area contributed by atoms with Crippen LogP contribution in [0.4, 0.5) is 19.0 Å². The van der Waals surface area contributed by atoms with Gasteiger partial charge in [-0.25, -0.2) is 13.2 Å². The highest BCUT2D eigenvalue weighted by atomic mass is 19.3. The van der Waals surface area contributed by atoms with Crippen LogP contribution in [0.3, 0.4) is 0 Å². The van der Waals surface area contributed by atoms with Crippen LogP contribution in [0.2, 0.25) is 0 Å². The number of aromatic nitrogens is 6. The van der Waals surface area contributed by atoms with Crippen molar-refractivity contribution in [3.05, 3.63) is 42.6 Å². The van der Waals surface area contributed by atoms with Crippen molar-refractivity contribution in [1.82, 2.24) is 35.9 Å². The van der Waals surface area contributed by atoms with E-state index in [9.17, 15) is 8.78 Å². The molecule has 33 heavy (non-hydrogen) atoms. The Balaban J connectivity index is 1.30. The fourth-order valence-corrected chi connectivity index (χ4v) is 5.15. The average molecular weight is 454 g/mol. The minimum atomic E-state index is -2.67. The van der Waals surface area contributed by atoms with Crippen molar-refractivity contribution in [2.45, 2.75) is 43.3 Å². The standard InChI is InChI=1S/C22H21F3N8/c1-33(13-4-12-7-22(24,25)18(5-13)29-12)19-3-2-17(30-31-19)14-6-16(23)20(11-8-26-27-9-11)15-10-28-32-21(14)15/h2-3,6,8-10,12-13,18,29H,4-5,7H2,1H3,(H,26,27)(H,28,32)/t12-,13+,18+/m0/s1. The number of H-pyrrole nitrogens is 2. The number of halogens is 3. The van der Waals surface area contributed by atoms with Crippen LogP contribution in [-0.2, 0) is 0 Å². The molecule has 2 saturated heterocycles. The summed E-state index contributed by atoms with van der Waals surface area (Å²) in [6, 6.07) is 3.90. The van der Waals surface area contributed by atoms with Crippen molar-refractivity contribution in [3.8, 4) is 22.4 Å². The third kappa shape index (κ3) is 3.26. The zero-order chi connectivity index (χ0) is 22.7. The van der Waals surface area contributed by atoms with Crippen LogP contribution < -0.4 is 10.2 Å². The Morgan fingerprint density at radius 2 is 2.00 bits per heavy atom. The molecule has 2 bridgehead atoms. The molecule has 1 aromatic carbocycles. The largest absolute Gasteiger partial charge is 0.355 e. The zero-order valence-electron chi connectivity index (χ0n) is 17.7. The monoisotopic (exact) mass is 454 g/mol. The van der Waals surface area contributed by atoms with Crippen LogP contribution in [0.15, 0.2) is 36.8 Å². The van der Waals surface area contributed by atoms with Gasteiger partial charge >= 0.3 is 0 Å². The Morgan fingerprint density at radius 1 is 1.12 bits per heavy atom. The summed E-state index contributed by atoms with van der Waals surface area (Å²) >= 11 is 0. The number of nitrogens with one attached hydrogen (secondary N) is 3. The second-order valence-electron chi connectivity index (χ2n) is 8.82. The van der Waals surface area contributed by atoms with Crippen molar-refractivity contribution in [2.75, 3.05) is 11.9 Å². The Labute approximate surface area is 186 Å². The predicted octanol–water partition coefficient (Wildman–Crippen LogP) is 3.51. The van der Waals surface area contributed by atoms with Crippen LogP contribution in [-0.4, -0.2) is 61.7 Å². The summed E-state index contributed by atoms with van der Waals surface area (Å²) in [6.45, 7) is 0. The maximum absolute atomic E-state index is 15.1. The molecular formula is C22H21F3N8. The van der Waals surface area contributed by atoms with E-state index in [4.69, 9.17) is 0 Å². The van der Waals surface area contributed by atoms with E-state index in [1.807, 2.05) is 11.9 Å². The molecule has 3 aromatic heterocycles. The van der Waals surface area contributed by atoms with Gasteiger partial charge in [0.1, 0.15) is 5.82 Å². The van der Waals surface area contributed by atoms with Crippen LogP contribution in [0, 0.1) is 5.82 Å². The fourth-order valence-electron chi connectivity index (χ4n) is 5.15. The summed E-state index contributed by atoms with van der Waals surface area (Å²) in [5, 5.41) is 25.9. The summed E-state index contributed by atoms with van der Waals surface area (Å²) in [5.74, 6) is -2.50. The molecule has 2 aliphatic heterocycles. The molecule has 8 nitrogen and oxygen atoms in total. The smallest absolute Gasteiger partial charge is 0.264 e. The van der Waals surface area contributed by atoms with Crippen molar-refractivity contribution in [2.24, 2.45) is 0 Å². The number of benzene rings is 1. The lowest BCUT2D eigenvalue weighted by atomic mass is 9.98. The molecule has 0 spiro atoms. The van der Waals surface area contributed by atoms with Gasteiger partial charge in [-0.15, -0.1) is 10.2 Å². The molecule has 0 radical (unpaired) electrons. The number of nitrogens with zero attached hydrogens (tertiary/aromatic N) is 5. The molecule has 170 valence electrons. The van der Waals surface area contributed by atoms with E-state index in [2.05, 4.69) is 35.9 Å². The highest BCUT2D eigenvalue weighted by Gasteiger charge is 2.53. The second-order valence-corrected chi connectivity index (χ2v) is 8.82. The van der Waals surface area contributed by atoms with Gasteiger partial charge in [0, 0.05) is 53.8 Å². The molecule has 3 N–H and O–H groups in total. The maximum Gasteiger partial charge on any atom is 0.264 e. The molecule has 11 heteroatoms. The van der Waals surface area contributed by atoms with E-state index in [1.165, 1.54) is 6.07 Å². The van der Waals surface area contributed by atoms with Crippen molar-refractivity contribution < 1.29 is 13.2 Å². The Bertz CT molecular complexity index is 1300. The van der Waals surface area contributed by atoms with Crippen LogP contribution >= 0.6 is 0 Å². The van der Waals surface area contributed by atoms with Gasteiger partial charge in [-0.3, -0.25) is 10.2 Å². The van der Waals surface area contributed by atoms with Gasteiger partial charge in [-0.2, -0.15) is 10.2 Å². The van der Waals surface area contributed by atoms with Gasteiger partial charge < -0.3 is 10.2 Å². The van der Waals surface area contributed by atoms with Crippen LogP contribution in [0.5, 0.6) is 0 Å². The first-order chi connectivity index (χ1) is 15.9. The molecule has 5 heterocycles. The SMILES string of the molecule is CN(c1ccc(-c2cc(F)c(-c3cn[nH]c3)c3cn[nH]c23)nn1)[C@@H]1C[C@H]2CC(F)(F)[C@@H](C1)N2. The number of piperidine rings is 1. The maximum atomic E-state index is 15.1. The third-order valence-corrected chi connectivity index (χ3v) is 6.84. The van der Waals surface area contributed by atoms with Gasteiger partial charge in [0.2, 0.25) is 0 Å². The fraction of sp³-hybridized carbons (Fsp3) is 0.364. The average Bonchev–Trinajstić information content (AvgIpc) is 3.53. The number of hydrogen-bond donors (Lipinski definition) is 3. The lowest BCUT2D eigenvalue weighted by Gasteiger charge is -2.36. The van der Waals surface area contributed by atoms with Crippen LogP contribution in [0.1, 0.15) is 19.3 Å². The minimum absolute atomic E-state index is 0.0548. The molecule has 3 atom stereocenters. The molecule has 0 saturated carbocycles. The zero-order valence-corrected chi connectivity index (χ0v) is 17.7. The summed E-state index contributed by atoms with van der Waals surface area (Å²) in [4.78, 5) is 1.91. The minimum Gasteiger partial charge on any atom is -0.355 e. The van der Waals surface area contributed by atoms with Crippen molar-refractivity contribution >= 4 is 16.7 Å². The molecule has 0 unspecified atom stereocenters. The van der Waals surface area contributed by atoms with Gasteiger partial charge in [0.15, 0.2) is 5.82 Å². The van der Waals surface area contributed by atoms with Gasteiger partial charge in [-0.1, -0.05) is 0 Å². The molecule has 6 rings (SSSR count). The van der Waals surface area contributed by atoms with Crippen molar-refractivity contribution in [1.29, 1.82) is 0 Å². The first kappa shape index (κ1) is 20.2. The number of hydrogen-bond acceptors (Lipinski definition) is 6. The van der Waals surface area contributed by atoms with E-state index < -0.39 is 17.8 Å². The van der Waals surface area contributed by atoms with E-state index >= 15 is 4.39 Å². The molecule has 0 aliphatic carbocycles. The topological polar surface area (TPSA) is 98.4 Å². The number of rotatable bonds is 4. The Hall–Kier alpha value is -3.47. The molecule has 4 aromatic rings. The number of aromatic amines is 2. The summed E-state index contributed by atoms with van der Waals surface area (Å²) in [5.41, 5.74) is 2.68. The third-order valence-electron chi connectivity index (χ3n) is 6.84. The van der Waals surface area contributed by atoms with E-state index in [0.29, 0.717) is 51.9 Å². The highest BCUT2D eigenvalue weighted by molar-refractivity contribution is 6.02. The van der Waals surface area contributed by atoms with Gasteiger partial charge in [0.25, 0.3) is 5.92 Å². The first-order valence-corrected chi connectivity index (χ1v) is 10.8. The van der Waals surface area contributed by atoms with E-state index in [-0.39, 0.29) is 18.5 Å². The number of fused-ring (bicyclic) bond motifs is 3. The Kier molecular flexibility index (Phi) is 4.44. The van der Waals surface area contributed by atoms with Gasteiger partial charge in [-0.05, 0) is 31.0 Å². The molecule has 2 aliphatic rings. The molecule has 0 amide bonds. The summed E-state index contributed by atoms with van der Waals surface area (Å²) in [7, 11) is 1.85. The summed E-state index contributed by atoms with van der Waals surface area (Å²) < 4.78 is 43.2.